The van der Waals surface area contributed by atoms with Gasteiger partial charge in [-0.05, 0) is 39.5 Å². The third-order valence-corrected chi connectivity index (χ3v) is 11.2. The van der Waals surface area contributed by atoms with Gasteiger partial charge in [0.05, 0.1) is 12.6 Å². The Morgan fingerprint density at radius 3 is 1.86 bits per heavy atom. The van der Waals surface area contributed by atoms with Gasteiger partial charge in [0.1, 0.15) is 11.8 Å². The van der Waals surface area contributed by atoms with Crippen molar-refractivity contribution in [2.75, 3.05) is 6.61 Å². The lowest BCUT2D eigenvalue weighted by Crippen LogP contribution is -2.67. The summed E-state index contributed by atoms with van der Waals surface area (Å²) in [4.78, 5) is 24.9. The summed E-state index contributed by atoms with van der Waals surface area (Å²) in [6.07, 6.45) is 0.202. The number of aromatic hydroxyl groups is 1. The molecule has 0 fully saturated rings. The van der Waals surface area contributed by atoms with Crippen LogP contribution in [0.2, 0.25) is 5.04 Å². The number of carboxylic acids is 1. The number of carboxylic acid groups (broad SMARTS) is 1. The van der Waals surface area contributed by atoms with Gasteiger partial charge < -0.3 is 25.7 Å². The molecule has 0 aliphatic heterocycles. The highest BCUT2D eigenvalue weighted by molar-refractivity contribution is 6.99. The van der Waals surface area contributed by atoms with Crippen LogP contribution in [0.3, 0.4) is 0 Å². The summed E-state index contributed by atoms with van der Waals surface area (Å²) < 4.78 is 6.68. The summed E-state index contributed by atoms with van der Waals surface area (Å²) >= 11 is 0. The van der Waals surface area contributed by atoms with Crippen LogP contribution in [0, 0.1) is 0 Å². The van der Waals surface area contributed by atoms with E-state index in [-0.39, 0.29) is 23.8 Å². The summed E-state index contributed by atoms with van der Waals surface area (Å²) in [5, 5.41) is 23.6. The van der Waals surface area contributed by atoms with Crippen LogP contribution in [0.25, 0.3) is 0 Å². The molecule has 36 heavy (non-hydrogen) atoms. The smallest absolute Gasteiger partial charge is 0.328 e. The Balaban J connectivity index is 1.85. The van der Waals surface area contributed by atoms with Gasteiger partial charge in [-0.25, -0.2) is 4.79 Å². The molecular weight excluding hydrogens is 472 g/mol. The molecular formula is C28H34N2O5Si. The maximum absolute atomic E-state index is 12.8. The van der Waals surface area contributed by atoms with E-state index >= 15 is 0 Å². The van der Waals surface area contributed by atoms with Crippen LogP contribution in [0.5, 0.6) is 5.75 Å². The number of phenolic OH excluding ortho intramolecular Hbond substituents is 1. The molecule has 3 aromatic rings. The van der Waals surface area contributed by atoms with E-state index in [2.05, 4.69) is 26.1 Å². The number of aliphatic carboxylic acids is 1. The molecule has 3 aromatic carbocycles. The maximum atomic E-state index is 12.8. The molecule has 5 N–H and O–H groups in total. The molecule has 0 bridgehead atoms. The lowest BCUT2D eigenvalue weighted by molar-refractivity contribution is -0.142. The minimum atomic E-state index is -2.97. The van der Waals surface area contributed by atoms with Crippen molar-refractivity contribution >= 4 is 30.6 Å². The van der Waals surface area contributed by atoms with Crippen LogP contribution in [0.1, 0.15) is 26.3 Å². The number of benzene rings is 3. The van der Waals surface area contributed by atoms with Gasteiger partial charge >= 0.3 is 5.97 Å². The fourth-order valence-electron chi connectivity index (χ4n) is 4.40. The van der Waals surface area contributed by atoms with Gasteiger partial charge in [-0.2, -0.15) is 0 Å². The highest BCUT2D eigenvalue weighted by Crippen LogP contribution is 2.36. The monoisotopic (exact) mass is 506 g/mol. The molecule has 0 aliphatic carbocycles. The number of hydrogen-bond acceptors (Lipinski definition) is 5. The molecule has 0 saturated heterocycles. The molecule has 0 saturated carbocycles. The number of rotatable bonds is 10. The summed E-state index contributed by atoms with van der Waals surface area (Å²) in [5.41, 5.74) is 6.82. The average molecular weight is 507 g/mol. The van der Waals surface area contributed by atoms with Crippen LogP contribution in [0.4, 0.5) is 0 Å². The number of nitrogens with two attached hydrogens (primary N) is 1. The van der Waals surface area contributed by atoms with Crippen LogP contribution in [-0.2, 0) is 20.4 Å². The zero-order chi connectivity index (χ0) is 26.3. The fourth-order valence-corrected chi connectivity index (χ4v) is 8.97. The Morgan fingerprint density at radius 2 is 1.42 bits per heavy atom. The predicted octanol–water partition coefficient (Wildman–Crippen LogP) is 2.41. The summed E-state index contributed by atoms with van der Waals surface area (Å²) in [6, 6.07) is 23.9. The minimum absolute atomic E-state index is 0.114. The van der Waals surface area contributed by atoms with Crippen LogP contribution in [0.15, 0.2) is 84.9 Å². The molecule has 3 rings (SSSR count). The average Bonchev–Trinajstić information content (AvgIpc) is 2.85. The molecule has 0 spiro atoms. The third kappa shape index (κ3) is 6.20. The first-order valence-corrected chi connectivity index (χ1v) is 13.8. The van der Waals surface area contributed by atoms with Gasteiger partial charge in [-0.3, -0.25) is 4.79 Å². The standard InChI is InChI=1S/C28H34N2O5Si/c1-28(2,3)36(22-10-6-4-7-11-22,23-12-8-5-9-13-23)35-19-25(27(33)34)30-26(32)24(29)18-20-14-16-21(31)17-15-20/h4-17,24-25,31H,18-19,29H2,1-3H3,(H,30,32)(H,33,34)/t24-,25-/m0/s1. The first-order valence-electron chi connectivity index (χ1n) is 11.9. The Labute approximate surface area is 213 Å². The second-order valence-corrected chi connectivity index (χ2v) is 14.2. The van der Waals surface area contributed by atoms with Gasteiger partial charge in [0.15, 0.2) is 0 Å². The van der Waals surface area contributed by atoms with Crippen molar-refractivity contribution in [3.05, 3.63) is 90.5 Å². The lowest BCUT2D eigenvalue weighted by atomic mass is 10.1. The van der Waals surface area contributed by atoms with Gasteiger partial charge in [-0.1, -0.05) is 93.6 Å². The van der Waals surface area contributed by atoms with Crippen LogP contribution >= 0.6 is 0 Å². The SMILES string of the molecule is CC(C)(C)[Si](OC[C@H](NC(=O)[C@@H](N)Cc1ccc(O)cc1)C(=O)O)(c1ccccc1)c1ccccc1. The van der Waals surface area contributed by atoms with E-state index in [0.717, 1.165) is 15.9 Å². The summed E-state index contributed by atoms with van der Waals surface area (Å²) in [6.45, 7) is 6.09. The number of amides is 1. The normalized spacial score (nSPS) is 13.6. The van der Waals surface area contributed by atoms with Crippen molar-refractivity contribution in [1.29, 1.82) is 0 Å². The number of carbonyl (C=O) groups excluding carboxylic acids is 1. The number of phenols is 1. The van der Waals surface area contributed by atoms with E-state index in [1.807, 2.05) is 60.7 Å². The molecule has 0 aromatic heterocycles. The quantitative estimate of drug-likeness (QED) is 0.313. The van der Waals surface area contributed by atoms with E-state index in [0.29, 0.717) is 0 Å². The first-order chi connectivity index (χ1) is 17.0. The molecule has 0 unspecified atom stereocenters. The summed E-state index contributed by atoms with van der Waals surface area (Å²) in [7, 11) is -2.97. The van der Waals surface area contributed by atoms with Gasteiger partial charge in [0.2, 0.25) is 5.91 Å². The Kier molecular flexibility index (Phi) is 8.68. The second-order valence-electron chi connectivity index (χ2n) is 9.85. The van der Waals surface area contributed by atoms with Crippen LogP contribution in [-0.4, -0.2) is 49.1 Å². The minimum Gasteiger partial charge on any atom is -0.508 e. The Hall–Kier alpha value is -3.46. The highest BCUT2D eigenvalue weighted by Gasteiger charge is 2.50. The van der Waals surface area contributed by atoms with Crippen molar-refractivity contribution in [2.45, 2.75) is 44.3 Å². The molecule has 190 valence electrons. The van der Waals surface area contributed by atoms with Crippen molar-refractivity contribution in [3.63, 3.8) is 0 Å². The molecule has 0 heterocycles. The zero-order valence-corrected chi connectivity index (χ0v) is 21.8. The highest BCUT2D eigenvalue weighted by atomic mass is 28.4. The van der Waals surface area contributed by atoms with E-state index < -0.39 is 32.3 Å². The molecule has 1 amide bonds. The second kappa shape index (κ2) is 11.5. The van der Waals surface area contributed by atoms with Gasteiger partial charge in [0, 0.05) is 0 Å². The number of carbonyl (C=O) groups is 2. The lowest BCUT2D eigenvalue weighted by Gasteiger charge is -2.43. The number of hydrogen-bond donors (Lipinski definition) is 4. The van der Waals surface area contributed by atoms with E-state index in [1.165, 1.54) is 12.1 Å². The maximum Gasteiger partial charge on any atom is 0.328 e. The molecule has 0 aliphatic rings. The summed E-state index contributed by atoms with van der Waals surface area (Å²) in [5.74, 6) is -1.66. The molecule has 0 radical (unpaired) electrons. The molecule has 7 nitrogen and oxygen atoms in total. The molecule has 2 atom stereocenters. The van der Waals surface area contributed by atoms with Crippen LogP contribution < -0.4 is 21.4 Å². The fraction of sp³-hybridized carbons (Fsp3) is 0.286. The largest absolute Gasteiger partial charge is 0.508 e. The van der Waals surface area contributed by atoms with Gasteiger partial charge in [0.25, 0.3) is 8.32 Å². The van der Waals surface area contributed by atoms with E-state index in [9.17, 15) is 19.8 Å². The van der Waals surface area contributed by atoms with E-state index in [4.69, 9.17) is 10.2 Å². The van der Waals surface area contributed by atoms with Crippen molar-refractivity contribution in [2.24, 2.45) is 5.73 Å². The van der Waals surface area contributed by atoms with Crippen molar-refractivity contribution < 1.29 is 24.2 Å². The Morgan fingerprint density at radius 1 is 0.917 bits per heavy atom. The van der Waals surface area contributed by atoms with E-state index in [1.54, 1.807) is 12.1 Å². The predicted molar refractivity (Wildman–Crippen MR) is 143 cm³/mol. The van der Waals surface area contributed by atoms with Crippen molar-refractivity contribution in [3.8, 4) is 5.75 Å². The van der Waals surface area contributed by atoms with Crippen molar-refractivity contribution in [1.82, 2.24) is 5.32 Å². The number of nitrogens with one attached hydrogen (secondary N) is 1. The third-order valence-electron chi connectivity index (χ3n) is 6.23. The van der Waals surface area contributed by atoms with Gasteiger partial charge in [-0.15, -0.1) is 0 Å². The zero-order valence-electron chi connectivity index (χ0n) is 20.8. The topological polar surface area (TPSA) is 122 Å². The Bertz CT molecular complexity index is 1110. The first kappa shape index (κ1) is 27.1. The molecule has 8 heteroatoms.